The van der Waals surface area contributed by atoms with Gasteiger partial charge in [0.2, 0.25) is 0 Å². The third kappa shape index (κ3) is 4.02. The first-order valence-corrected chi connectivity index (χ1v) is 9.12. The minimum absolute atomic E-state index is 0.167. The molecular weight excluding hydrogens is 345 g/mol. The smallest absolute Gasteiger partial charge is 0.267 e. The molecule has 27 heavy (non-hydrogen) atoms. The molecule has 6 heteroatoms. The van der Waals surface area contributed by atoms with Crippen LogP contribution in [0.25, 0.3) is 10.9 Å². The van der Waals surface area contributed by atoms with E-state index in [4.69, 9.17) is 0 Å². The van der Waals surface area contributed by atoms with Gasteiger partial charge in [-0.2, -0.15) is 0 Å². The first-order valence-electron chi connectivity index (χ1n) is 9.12. The largest absolute Gasteiger partial charge is 0.390 e. The van der Waals surface area contributed by atoms with Crippen LogP contribution >= 0.6 is 0 Å². The van der Waals surface area contributed by atoms with E-state index >= 15 is 0 Å². The van der Waals surface area contributed by atoms with Crippen molar-refractivity contribution in [2.75, 3.05) is 19.6 Å². The van der Waals surface area contributed by atoms with Crippen LogP contribution in [0.4, 0.5) is 4.39 Å². The average Bonchev–Trinajstić information content (AvgIpc) is 3.09. The SMILES string of the molecule is O=C(NCC(O)CN1CCc2ccccc2C1)c1cc2cc(F)ccc2[nH]1. The Labute approximate surface area is 156 Å². The monoisotopic (exact) mass is 367 g/mol. The number of aliphatic hydroxyl groups is 1. The molecule has 1 unspecified atom stereocenters. The van der Waals surface area contributed by atoms with Crippen LogP contribution in [0.1, 0.15) is 21.6 Å². The Morgan fingerprint density at radius 2 is 2.04 bits per heavy atom. The summed E-state index contributed by atoms with van der Waals surface area (Å²) in [6.45, 7) is 2.39. The number of aromatic nitrogens is 1. The minimum atomic E-state index is -0.652. The Kier molecular flexibility index (Phi) is 4.92. The maximum Gasteiger partial charge on any atom is 0.267 e. The highest BCUT2D eigenvalue weighted by atomic mass is 19.1. The Bertz CT molecular complexity index is 969. The maximum atomic E-state index is 13.3. The number of nitrogens with zero attached hydrogens (tertiary/aromatic N) is 1. The molecule has 3 aromatic rings. The van der Waals surface area contributed by atoms with Gasteiger partial charge in [0, 0.05) is 37.1 Å². The van der Waals surface area contributed by atoms with Gasteiger partial charge in [-0.1, -0.05) is 24.3 Å². The molecular formula is C21H22FN3O2. The lowest BCUT2D eigenvalue weighted by molar-refractivity contribution is 0.0838. The van der Waals surface area contributed by atoms with Gasteiger partial charge in [-0.15, -0.1) is 0 Å². The Balaban J connectivity index is 1.31. The standard InChI is InChI=1S/C21H22FN3O2/c22-17-5-6-19-16(9-17)10-20(24-19)21(27)23-11-18(26)13-25-8-7-14-3-1-2-4-15(14)12-25/h1-6,9-10,18,24,26H,7-8,11-13H2,(H,23,27). The van der Waals surface area contributed by atoms with E-state index < -0.39 is 6.10 Å². The number of rotatable bonds is 5. The van der Waals surface area contributed by atoms with Crippen molar-refractivity contribution in [2.45, 2.75) is 19.1 Å². The second-order valence-corrected chi connectivity index (χ2v) is 7.03. The lowest BCUT2D eigenvalue weighted by Crippen LogP contribution is -2.42. The molecule has 1 aliphatic heterocycles. The van der Waals surface area contributed by atoms with Crippen LogP contribution in [0.2, 0.25) is 0 Å². The second-order valence-electron chi connectivity index (χ2n) is 7.03. The lowest BCUT2D eigenvalue weighted by atomic mass is 10.00. The van der Waals surface area contributed by atoms with Gasteiger partial charge in [-0.3, -0.25) is 9.69 Å². The second kappa shape index (κ2) is 7.50. The van der Waals surface area contributed by atoms with E-state index in [0.717, 1.165) is 19.5 Å². The van der Waals surface area contributed by atoms with Gasteiger partial charge < -0.3 is 15.4 Å². The van der Waals surface area contributed by atoms with Crippen LogP contribution in [0.15, 0.2) is 48.5 Å². The zero-order valence-corrected chi connectivity index (χ0v) is 14.9. The summed E-state index contributed by atoms with van der Waals surface area (Å²) < 4.78 is 13.3. The molecule has 0 fully saturated rings. The van der Waals surface area contributed by atoms with Gasteiger partial charge in [0.05, 0.1) is 6.10 Å². The number of hydrogen-bond acceptors (Lipinski definition) is 3. The zero-order chi connectivity index (χ0) is 18.8. The summed E-state index contributed by atoms with van der Waals surface area (Å²) in [6, 6.07) is 14.3. The average molecular weight is 367 g/mol. The molecule has 3 N–H and O–H groups in total. The van der Waals surface area contributed by atoms with Crippen LogP contribution in [-0.2, 0) is 13.0 Å². The fourth-order valence-corrected chi connectivity index (χ4v) is 3.60. The number of β-amino-alcohol motifs (C(OH)–C–C–N with tert-alkyl or cyclic N) is 1. The highest BCUT2D eigenvalue weighted by molar-refractivity contribution is 5.98. The van der Waals surface area contributed by atoms with Crippen molar-refractivity contribution < 1.29 is 14.3 Å². The number of H-pyrrole nitrogens is 1. The summed E-state index contributed by atoms with van der Waals surface area (Å²) in [4.78, 5) is 17.5. The first kappa shape index (κ1) is 17.7. The van der Waals surface area contributed by atoms with Gasteiger partial charge in [0.15, 0.2) is 0 Å². The fourth-order valence-electron chi connectivity index (χ4n) is 3.60. The predicted molar refractivity (Wildman–Crippen MR) is 102 cm³/mol. The maximum absolute atomic E-state index is 13.3. The molecule has 140 valence electrons. The lowest BCUT2D eigenvalue weighted by Gasteiger charge is -2.30. The third-order valence-corrected chi connectivity index (χ3v) is 5.00. The van der Waals surface area contributed by atoms with E-state index in [0.29, 0.717) is 23.1 Å². The molecule has 0 bridgehead atoms. The van der Waals surface area contributed by atoms with E-state index in [9.17, 15) is 14.3 Å². The van der Waals surface area contributed by atoms with Gasteiger partial charge >= 0.3 is 0 Å². The molecule has 4 rings (SSSR count). The fraction of sp³-hybridized carbons (Fsp3) is 0.286. The molecule has 0 saturated carbocycles. The van der Waals surface area contributed by atoms with Crippen molar-refractivity contribution in [1.82, 2.24) is 15.2 Å². The number of aromatic amines is 1. The van der Waals surface area contributed by atoms with Crippen molar-refractivity contribution in [3.05, 3.63) is 71.2 Å². The van der Waals surface area contributed by atoms with Crippen molar-refractivity contribution >= 4 is 16.8 Å². The van der Waals surface area contributed by atoms with Gasteiger partial charge in [-0.25, -0.2) is 4.39 Å². The van der Waals surface area contributed by atoms with Gasteiger partial charge in [-0.05, 0) is 41.8 Å². The molecule has 1 amide bonds. The van der Waals surface area contributed by atoms with Gasteiger partial charge in [0.25, 0.3) is 5.91 Å². The molecule has 2 aromatic carbocycles. The summed E-state index contributed by atoms with van der Waals surface area (Å²) in [5, 5.41) is 13.7. The number of carbonyl (C=O) groups excluding carboxylic acids is 1. The van der Waals surface area contributed by atoms with Gasteiger partial charge in [0.1, 0.15) is 11.5 Å². The van der Waals surface area contributed by atoms with E-state index in [1.807, 2.05) is 6.07 Å². The Hall–Kier alpha value is -2.70. The molecule has 0 aliphatic carbocycles. The summed E-state index contributed by atoms with van der Waals surface area (Å²) in [6.07, 6.45) is 0.321. The van der Waals surface area contributed by atoms with Crippen molar-refractivity contribution in [3.63, 3.8) is 0 Å². The first-order chi connectivity index (χ1) is 13.1. The number of fused-ring (bicyclic) bond motifs is 2. The molecule has 2 heterocycles. The predicted octanol–water partition coefficient (Wildman–Crippen LogP) is 2.46. The van der Waals surface area contributed by atoms with E-state index in [2.05, 4.69) is 33.4 Å². The molecule has 1 atom stereocenters. The Morgan fingerprint density at radius 1 is 1.22 bits per heavy atom. The van der Waals surface area contributed by atoms with E-state index in [1.165, 1.54) is 23.3 Å². The quantitative estimate of drug-likeness (QED) is 0.649. The summed E-state index contributed by atoms with van der Waals surface area (Å²) in [5.74, 6) is -0.651. The van der Waals surface area contributed by atoms with Crippen LogP contribution in [0, 0.1) is 5.82 Å². The van der Waals surface area contributed by atoms with Crippen molar-refractivity contribution in [3.8, 4) is 0 Å². The van der Waals surface area contributed by atoms with Crippen LogP contribution in [0.3, 0.4) is 0 Å². The number of hydrogen-bond donors (Lipinski definition) is 3. The minimum Gasteiger partial charge on any atom is -0.390 e. The summed E-state index contributed by atoms with van der Waals surface area (Å²) in [7, 11) is 0. The topological polar surface area (TPSA) is 68.4 Å². The molecule has 5 nitrogen and oxygen atoms in total. The highest BCUT2D eigenvalue weighted by Gasteiger charge is 2.19. The molecule has 1 aromatic heterocycles. The Morgan fingerprint density at radius 3 is 2.89 bits per heavy atom. The van der Waals surface area contributed by atoms with E-state index in [1.54, 1.807) is 12.1 Å². The third-order valence-electron chi connectivity index (χ3n) is 5.00. The number of halogens is 1. The molecule has 1 aliphatic rings. The number of benzene rings is 2. The summed E-state index contributed by atoms with van der Waals surface area (Å²) >= 11 is 0. The molecule has 0 saturated heterocycles. The van der Waals surface area contributed by atoms with Crippen LogP contribution < -0.4 is 5.32 Å². The number of aliphatic hydroxyl groups excluding tert-OH is 1. The molecule has 0 radical (unpaired) electrons. The van der Waals surface area contributed by atoms with Crippen molar-refractivity contribution in [2.24, 2.45) is 0 Å². The normalized spacial score (nSPS) is 15.5. The van der Waals surface area contributed by atoms with Crippen LogP contribution in [0.5, 0.6) is 0 Å². The summed E-state index contributed by atoms with van der Waals surface area (Å²) in [5.41, 5.74) is 3.72. The number of amides is 1. The number of carbonyl (C=O) groups is 1. The number of nitrogens with one attached hydrogen (secondary N) is 2. The van der Waals surface area contributed by atoms with E-state index in [-0.39, 0.29) is 18.3 Å². The zero-order valence-electron chi connectivity index (χ0n) is 14.9. The van der Waals surface area contributed by atoms with Crippen LogP contribution in [-0.4, -0.2) is 46.6 Å². The molecule has 0 spiro atoms. The highest BCUT2D eigenvalue weighted by Crippen LogP contribution is 2.19. The van der Waals surface area contributed by atoms with Crippen molar-refractivity contribution in [1.29, 1.82) is 0 Å².